The van der Waals surface area contributed by atoms with Gasteiger partial charge in [-0.25, -0.2) is 0 Å². The molecule has 1 aliphatic heterocycles. The molecule has 3 aromatic rings. The number of nitrogens with one attached hydrogen (secondary N) is 2. The fraction of sp³-hybridized carbons (Fsp3) is 0.409. The van der Waals surface area contributed by atoms with Crippen molar-refractivity contribution in [3.05, 3.63) is 58.5 Å². The first-order valence-electron chi connectivity index (χ1n) is 9.90. The van der Waals surface area contributed by atoms with Crippen molar-refractivity contribution < 1.29 is 4.42 Å². The number of likely N-dealkylation sites (tertiary alicyclic amines) is 1. The fourth-order valence-corrected chi connectivity index (χ4v) is 5.11. The van der Waals surface area contributed by atoms with Gasteiger partial charge in [-0.3, -0.25) is 9.89 Å². The van der Waals surface area contributed by atoms with E-state index in [1.165, 1.54) is 17.7 Å². The molecule has 1 aromatic carbocycles. The molecule has 2 N–H and O–H groups in total. The average molecular weight is 397 g/mol. The maximum absolute atomic E-state index is 5.89. The topological polar surface area (TPSA) is 52.8 Å². The molecule has 1 fully saturated rings. The van der Waals surface area contributed by atoms with E-state index in [2.05, 4.69) is 57.2 Å². The zero-order valence-corrected chi connectivity index (χ0v) is 17.3. The summed E-state index contributed by atoms with van der Waals surface area (Å²) in [5.41, 5.74) is 0.922. The first-order chi connectivity index (χ1) is 13.7. The highest BCUT2D eigenvalue weighted by molar-refractivity contribution is 7.10. The minimum absolute atomic E-state index is 0.481. The standard InChI is InChI=1S/C22H28N4OS/c1-23-22(25-15-18-13-16-7-3-4-9-19(16)27-18)24-14-17-8-5-11-26(2)21(17)20-10-6-12-28-20/h3-4,6-7,9-10,12-13,17,21H,5,8,11,14-15H2,1-2H3,(H2,23,24,25). The van der Waals surface area contributed by atoms with Crippen molar-refractivity contribution in [3.63, 3.8) is 0 Å². The Hall–Kier alpha value is -2.31. The van der Waals surface area contributed by atoms with Crippen LogP contribution in [0.4, 0.5) is 0 Å². The SMILES string of the molecule is CN=C(NCc1cc2ccccc2o1)NCC1CCCN(C)C1c1cccs1. The van der Waals surface area contributed by atoms with Crippen LogP contribution in [0.1, 0.15) is 29.5 Å². The molecule has 0 aliphatic carbocycles. The summed E-state index contributed by atoms with van der Waals surface area (Å²) in [5.74, 6) is 2.30. The van der Waals surface area contributed by atoms with Gasteiger partial charge in [-0.1, -0.05) is 24.3 Å². The van der Waals surface area contributed by atoms with Crippen molar-refractivity contribution in [1.29, 1.82) is 0 Å². The molecule has 2 aromatic heterocycles. The van der Waals surface area contributed by atoms with Gasteiger partial charge in [0.05, 0.1) is 6.54 Å². The maximum Gasteiger partial charge on any atom is 0.191 e. The number of nitrogens with zero attached hydrogens (tertiary/aromatic N) is 2. The number of furan rings is 1. The first-order valence-corrected chi connectivity index (χ1v) is 10.8. The number of para-hydroxylation sites is 1. The third-order valence-corrected chi connectivity index (χ3v) is 6.45. The van der Waals surface area contributed by atoms with Gasteiger partial charge >= 0.3 is 0 Å². The highest BCUT2D eigenvalue weighted by atomic mass is 32.1. The molecule has 2 atom stereocenters. The Morgan fingerprint density at radius 1 is 1.25 bits per heavy atom. The Bertz CT molecular complexity index is 885. The number of benzene rings is 1. The quantitative estimate of drug-likeness (QED) is 0.500. The molecule has 0 amide bonds. The maximum atomic E-state index is 5.89. The van der Waals surface area contributed by atoms with Crippen LogP contribution in [0.3, 0.4) is 0 Å². The smallest absolute Gasteiger partial charge is 0.191 e. The fourth-order valence-electron chi connectivity index (χ4n) is 4.13. The van der Waals surface area contributed by atoms with E-state index >= 15 is 0 Å². The van der Waals surface area contributed by atoms with Gasteiger partial charge in [-0.2, -0.15) is 0 Å². The summed E-state index contributed by atoms with van der Waals surface area (Å²) in [4.78, 5) is 8.34. The number of fused-ring (bicyclic) bond motifs is 1. The van der Waals surface area contributed by atoms with E-state index in [0.29, 0.717) is 18.5 Å². The van der Waals surface area contributed by atoms with Crippen LogP contribution in [0.5, 0.6) is 0 Å². The number of piperidine rings is 1. The average Bonchev–Trinajstić information content (AvgIpc) is 3.37. The predicted molar refractivity (Wildman–Crippen MR) is 117 cm³/mol. The van der Waals surface area contributed by atoms with Crippen molar-refractivity contribution in [2.45, 2.75) is 25.4 Å². The van der Waals surface area contributed by atoms with Crippen LogP contribution in [-0.4, -0.2) is 38.0 Å². The van der Waals surface area contributed by atoms with Crippen LogP contribution >= 0.6 is 11.3 Å². The minimum Gasteiger partial charge on any atom is -0.459 e. The predicted octanol–water partition coefficient (Wildman–Crippen LogP) is 4.24. The largest absolute Gasteiger partial charge is 0.459 e. The van der Waals surface area contributed by atoms with Gasteiger partial charge < -0.3 is 15.1 Å². The molecular weight excluding hydrogens is 368 g/mol. The lowest BCUT2D eigenvalue weighted by Gasteiger charge is -2.39. The molecule has 28 heavy (non-hydrogen) atoms. The van der Waals surface area contributed by atoms with Crippen LogP contribution in [0.2, 0.25) is 0 Å². The molecule has 6 heteroatoms. The summed E-state index contributed by atoms with van der Waals surface area (Å²) >= 11 is 1.86. The molecule has 4 rings (SSSR count). The van der Waals surface area contributed by atoms with Crippen molar-refractivity contribution in [2.24, 2.45) is 10.9 Å². The molecule has 0 radical (unpaired) electrons. The van der Waals surface area contributed by atoms with Gasteiger partial charge in [0.2, 0.25) is 0 Å². The van der Waals surface area contributed by atoms with Gasteiger partial charge in [0, 0.05) is 29.9 Å². The number of rotatable bonds is 5. The summed E-state index contributed by atoms with van der Waals surface area (Å²) in [6, 6.07) is 15.1. The molecule has 1 saturated heterocycles. The Morgan fingerprint density at radius 3 is 2.93 bits per heavy atom. The Morgan fingerprint density at radius 2 is 2.14 bits per heavy atom. The zero-order valence-electron chi connectivity index (χ0n) is 16.5. The normalized spacial score (nSPS) is 21.1. The lowest BCUT2D eigenvalue weighted by Crippen LogP contribution is -2.44. The lowest BCUT2D eigenvalue weighted by molar-refractivity contribution is 0.125. The molecule has 0 bridgehead atoms. The number of hydrogen-bond acceptors (Lipinski definition) is 4. The summed E-state index contributed by atoms with van der Waals surface area (Å²) in [5, 5.41) is 10.2. The van der Waals surface area contributed by atoms with Crippen LogP contribution < -0.4 is 10.6 Å². The lowest BCUT2D eigenvalue weighted by atomic mass is 9.88. The van der Waals surface area contributed by atoms with Crippen LogP contribution in [-0.2, 0) is 6.54 Å². The first kappa shape index (κ1) is 19.0. The molecule has 148 valence electrons. The summed E-state index contributed by atoms with van der Waals surface area (Å²) in [6.07, 6.45) is 2.48. The third kappa shape index (κ3) is 4.23. The van der Waals surface area contributed by atoms with Crippen LogP contribution in [0.25, 0.3) is 11.0 Å². The van der Waals surface area contributed by atoms with E-state index in [0.717, 1.165) is 35.8 Å². The van der Waals surface area contributed by atoms with E-state index in [4.69, 9.17) is 4.42 Å². The number of thiophene rings is 1. The summed E-state index contributed by atoms with van der Waals surface area (Å²) in [7, 11) is 4.06. The van der Waals surface area contributed by atoms with Gasteiger partial charge in [-0.05, 0) is 55.9 Å². The van der Waals surface area contributed by atoms with Crippen LogP contribution in [0, 0.1) is 5.92 Å². The Balaban J connectivity index is 1.35. The highest BCUT2D eigenvalue weighted by Crippen LogP contribution is 2.36. The molecule has 1 aliphatic rings. The summed E-state index contributed by atoms with van der Waals surface area (Å²) in [6.45, 7) is 2.69. The number of guanidine groups is 1. The van der Waals surface area contributed by atoms with Crippen molar-refractivity contribution in [3.8, 4) is 0 Å². The van der Waals surface area contributed by atoms with E-state index < -0.39 is 0 Å². The molecule has 5 nitrogen and oxygen atoms in total. The van der Waals surface area contributed by atoms with Crippen LogP contribution in [0.15, 0.2) is 57.3 Å². The highest BCUT2D eigenvalue weighted by Gasteiger charge is 2.31. The second-order valence-electron chi connectivity index (χ2n) is 7.40. The Labute approximate surface area is 170 Å². The third-order valence-electron chi connectivity index (χ3n) is 5.50. The second-order valence-corrected chi connectivity index (χ2v) is 8.38. The molecule has 2 unspecified atom stereocenters. The summed E-state index contributed by atoms with van der Waals surface area (Å²) < 4.78 is 5.89. The van der Waals surface area contributed by atoms with Gasteiger partial charge in [-0.15, -0.1) is 11.3 Å². The Kier molecular flexibility index (Phi) is 5.98. The van der Waals surface area contributed by atoms with Gasteiger partial charge in [0.25, 0.3) is 0 Å². The van der Waals surface area contributed by atoms with Gasteiger partial charge in [0.1, 0.15) is 11.3 Å². The van der Waals surface area contributed by atoms with E-state index in [-0.39, 0.29) is 0 Å². The number of aliphatic imine (C=N–C) groups is 1. The van der Waals surface area contributed by atoms with E-state index in [9.17, 15) is 0 Å². The molecule has 0 saturated carbocycles. The minimum atomic E-state index is 0.481. The zero-order chi connectivity index (χ0) is 19.3. The number of hydrogen-bond donors (Lipinski definition) is 2. The van der Waals surface area contributed by atoms with Crippen molar-refractivity contribution in [1.82, 2.24) is 15.5 Å². The van der Waals surface area contributed by atoms with E-state index in [1.807, 2.05) is 36.6 Å². The monoisotopic (exact) mass is 396 g/mol. The molecule has 0 spiro atoms. The van der Waals surface area contributed by atoms with E-state index in [1.54, 1.807) is 0 Å². The second kappa shape index (κ2) is 8.80. The van der Waals surface area contributed by atoms with Crippen molar-refractivity contribution >= 4 is 28.3 Å². The van der Waals surface area contributed by atoms with Crippen molar-refractivity contribution in [2.75, 3.05) is 27.2 Å². The van der Waals surface area contributed by atoms with Gasteiger partial charge in [0.15, 0.2) is 5.96 Å². The molecular formula is C22H28N4OS. The molecule has 3 heterocycles.